The van der Waals surface area contributed by atoms with Gasteiger partial charge in [0.05, 0.1) is 19.9 Å². The van der Waals surface area contributed by atoms with Crippen molar-refractivity contribution >= 4 is 23.5 Å². The average Bonchev–Trinajstić information content (AvgIpc) is 3.22. The molecule has 8 nitrogen and oxygen atoms in total. The number of rotatable bonds is 9. The fourth-order valence-electron chi connectivity index (χ4n) is 2.86. The summed E-state index contributed by atoms with van der Waals surface area (Å²) in [5, 5.41) is 6.73. The molecule has 1 N–H and O–H groups in total. The molecular formula is C23H23N3O5. The lowest BCUT2D eigenvalue weighted by molar-refractivity contribution is -0.118. The number of nitrogens with one attached hydrogen (secondary N) is 1. The number of amides is 1. The highest BCUT2D eigenvalue weighted by atomic mass is 16.5. The summed E-state index contributed by atoms with van der Waals surface area (Å²) in [6.07, 6.45) is 4.71. The highest BCUT2D eigenvalue weighted by Crippen LogP contribution is 2.29. The van der Waals surface area contributed by atoms with Crippen molar-refractivity contribution in [3.63, 3.8) is 0 Å². The largest absolute Gasteiger partial charge is 0.495 e. The van der Waals surface area contributed by atoms with Crippen molar-refractivity contribution in [2.75, 3.05) is 26.1 Å². The Labute approximate surface area is 180 Å². The molecule has 0 unspecified atom stereocenters. The predicted octanol–water partition coefficient (Wildman–Crippen LogP) is 3.35. The number of aromatic nitrogens is 2. The number of ketones is 1. The number of anilines is 1. The molecule has 0 aliphatic heterocycles. The second-order valence-electron chi connectivity index (χ2n) is 6.49. The molecule has 160 valence electrons. The van der Waals surface area contributed by atoms with Gasteiger partial charge in [0.1, 0.15) is 11.4 Å². The van der Waals surface area contributed by atoms with Gasteiger partial charge < -0.3 is 19.5 Å². The number of allylic oxidation sites excluding steroid dienone is 1. The van der Waals surface area contributed by atoms with E-state index < -0.39 is 0 Å². The molecule has 0 spiro atoms. The molecule has 0 saturated carbocycles. The summed E-state index contributed by atoms with van der Waals surface area (Å²) in [7, 11) is 4.75. The monoisotopic (exact) mass is 421 g/mol. The number of ether oxygens (including phenoxy) is 3. The minimum absolute atomic E-state index is 0.160. The lowest BCUT2D eigenvalue weighted by Gasteiger charge is -2.13. The zero-order valence-electron chi connectivity index (χ0n) is 17.5. The average molecular weight is 421 g/mol. The molecule has 0 atom stereocenters. The van der Waals surface area contributed by atoms with Crippen LogP contribution < -0.4 is 19.5 Å². The number of hydrogen-bond donors (Lipinski definition) is 1. The summed E-state index contributed by atoms with van der Waals surface area (Å²) >= 11 is 0. The Kier molecular flexibility index (Phi) is 7.05. The van der Waals surface area contributed by atoms with Gasteiger partial charge in [-0.2, -0.15) is 5.10 Å². The van der Waals surface area contributed by atoms with Gasteiger partial charge in [0, 0.05) is 13.2 Å². The molecular weight excluding hydrogens is 398 g/mol. The standard InChI is InChI=1S/C23H23N3O5/c1-26-18(12-13-24-26)19(27)10-8-16-9-11-21(22(14-16)30-3)31-15-23(28)25-17-6-4-5-7-20(17)29-2/h4-14H,15H2,1-3H3,(H,25,28)/b10-8+. The first-order valence-corrected chi connectivity index (χ1v) is 9.46. The van der Waals surface area contributed by atoms with Crippen LogP contribution >= 0.6 is 0 Å². The van der Waals surface area contributed by atoms with Gasteiger partial charge in [-0.15, -0.1) is 0 Å². The highest BCUT2D eigenvalue weighted by molar-refractivity contribution is 6.05. The maximum atomic E-state index is 12.2. The Balaban J connectivity index is 1.63. The van der Waals surface area contributed by atoms with Crippen molar-refractivity contribution < 1.29 is 23.8 Å². The minimum atomic E-state index is -0.336. The lowest BCUT2D eigenvalue weighted by Crippen LogP contribution is -2.20. The van der Waals surface area contributed by atoms with Gasteiger partial charge in [-0.3, -0.25) is 14.3 Å². The smallest absolute Gasteiger partial charge is 0.262 e. The molecule has 3 rings (SSSR count). The maximum Gasteiger partial charge on any atom is 0.262 e. The van der Waals surface area contributed by atoms with Gasteiger partial charge in [0.25, 0.3) is 5.91 Å². The van der Waals surface area contributed by atoms with Crippen molar-refractivity contribution in [3.05, 3.63) is 72.1 Å². The Morgan fingerprint density at radius 2 is 1.81 bits per heavy atom. The van der Waals surface area contributed by atoms with Gasteiger partial charge in [-0.25, -0.2) is 0 Å². The number of carbonyl (C=O) groups is 2. The molecule has 31 heavy (non-hydrogen) atoms. The molecule has 1 amide bonds. The molecule has 1 aromatic heterocycles. The molecule has 0 saturated heterocycles. The Morgan fingerprint density at radius 1 is 1.03 bits per heavy atom. The zero-order valence-corrected chi connectivity index (χ0v) is 17.5. The van der Waals surface area contributed by atoms with Crippen LogP contribution in [0.1, 0.15) is 16.1 Å². The summed E-state index contributed by atoms with van der Waals surface area (Å²) < 4.78 is 17.7. The summed E-state index contributed by atoms with van der Waals surface area (Å²) in [4.78, 5) is 24.5. The first-order chi connectivity index (χ1) is 15.0. The van der Waals surface area contributed by atoms with Crippen LogP contribution in [0.3, 0.4) is 0 Å². The van der Waals surface area contributed by atoms with Gasteiger partial charge in [-0.05, 0) is 42.0 Å². The van der Waals surface area contributed by atoms with Crippen LogP contribution in [0.25, 0.3) is 6.08 Å². The summed E-state index contributed by atoms with van der Waals surface area (Å²) in [6, 6.07) is 13.9. The second kappa shape index (κ2) is 10.1. The van der Waals surface area contributed by atoms with E-state index in [1.165, 1.54) is 25.0 Å². The first-order valence-electron chi connectivity index (χ1n) is 9.46. The van der Waals surface area contributed by atoms with E-state index in [0.717, 1.165) is 5.56 Å². The Bertz CT molecular complexity index is 1100. The number of para-hydroxylation sites is 2. The van der Waals surface area contributed by atoms with Gasteiger partial charge in [-0.1, -0.05) is 24.3 Å². The van der Waals surface area contributed by atoms with E-state index in [0.29, 0.717) is 28.6 Å². The SMILES string of the molecule is COc1ccccc1NC(=O)COc1ccc(/C=C/C(=O)c2ccnn2C)cc1OC. The van der Waals surface area contributed by atoms with Crippen LogP contribution in [-0.4, -0.2) is 42.3 Å². The normalized spacial score (nSPS) is 10.7. The Hall–Kier alpha value is -4.07. The molecule has 0 aliphatic rings. The van der Waals surface area contributed by atoms with Crippen LogP contribution in [0, 0.1) is 0 Å². The molecule has 0 aliphatic carbocycles. The number of methoxy groups -OCH3 is 2. The van der Waals surface area contributed by atoms with Crippen molar-refractivity contribution in [2.45, 2.75) is 0 Å². The van der Waals surface area contributed by atoms with E-state index >= 15 is 0 Å². The van der Waals surface area contributed by atoms with Crippen molar-refractivity contribution in [2.24, 2.45) is 7.05 Å². The maximum absolute atomic E-state index is 12.2. The highest BCUT2D eigenvalue weighted by Gasteiger charge is 2.11. The predicted molar refractivity (Wildman–Crippen MR) is 117 cm³/mol. The summed E-state index contributed by atoms with van der Waals surface area (Å²) in [6.45, 7) is -0.206. The summed E-state index contributed by atoms with van der Waals surface area (Å²) in [5.41, 5.74) is 1.80. The van der Waals surface area contributed by atoms with E-state index in [1.54, 1.807) is 61.8 Å². The van der Waals surface area contributed by atoms with Crippen molar-refractivity contribution in [1.82, 2.24) is 9.78 Å². The quantitative estimate of drug-likeness (QED) is 0.421. The van der Waals surface area contributed by atoms with Crippen LogP contribution in [0.4, 0.5) is 5.69 Å². The van der Waals surface area contributed by atoms with E-state index in [9.17, 15) is 9.59 Å². The molecule has 0 radical (unpaired) electrons. The topological polar surface area (TPSA) is 91.7 Å². The van der Waals surface area contributed by atoms with Crippen LogP contribution in [0.5, 0.6) is 17.2 Å². The zero-order chi connectivity index (χ0) is 22.2. The van der Waals surface area contributed by atoms with Crippen LogP contribution in [0.2, 0.25) is 0 Å². The van der Waals surface area contributed by atoms with Crippen molar-refractivity contribution in [3.8, 4) is 17.2 Å². The van der Waals surface area contributed by atoms with E-state index in [2.05, 4.69) is 10.4 Å². The van der Waals surface area contributed by atoms with E-state index in [-0.39, 0.29) is 18.3 Å². The summed E-state index contributed by atoms with van der Waals surface area (Å²) in [5.74, 6) is 0.919. The third-order valence-corrected chi connectivity index (χ3v) is 4.43. The molecule has 0 fully saturated rings. The fourth-order valence-corrected chi connectivity index (χ4v) is 2.86. The fraction of sp³-hybridized carbons (Fsp3) is 0.174. The first kappa shape index (κ1) is 21.6. The molecule has 8 heteroatoms. The van der Waals surface area contributed by atoms with E-state index in [1.807, 2.05) is 6.07 Å². The molecule has 2 aromatic carbocycles. The third kappa shape index (κ3) is 5.51. The number of hydrogen-bond acceptors (Lipinski definition) is 6. The van der Waals surface area contributed by atoms with Crippen molar-refractivity contribution in [1.29, 1.82) is 0 Å². The number of carbonyl (C=O) groups excluding carboxylic acids is 2. The molecule has 1 heterocycles. The second-order valence-corrected chi connectivity index (χ2v) is 6.49. The number of benzene rings is 2. The van der Waals surface area contributed by atoms with Crippen LogP contribution in [0.15, 0.2) is 60.8 Å². The van der Waals surface area contributed by atoms with Gasteiger partial charge in [0.2, 0.25) is 5.78 Å². The number of aryl methyl sites for hydroxylation is 1. The Morgan fingerprint density at radius 3 is 2.52 bits per heavy atom. The van der Waals surface area contributed by atoms with E-state index in [4.69, 9.17) is 14.2 Å². The third-order valence-electron chi connectivity index (χ3n) is 4.43. The van der Waals surface area contributed by atoms with Gasteiger partial charge >= 0.3 is 0 Å². The number of nitrogens with zero attached hydrogens (tertiary/aromatic N) is 2. The van der Waals surface area contributed by atoms with Crippen LogP contribution in [-0.2, 0) is 11.8 Å². The lowest BCUT2D eigenvalue weighted by atomic mass is 10.1. The molecule has 0 bridgehead atoms. The molecule has 3 aromatic rings. The minimum Gasteiger partial charge on any atom is -0.495 e. The van der Waals surface area contributed by atoms with Gasteiger partial charge in [0.15, 0.2) is 18.1 Å².